The Balaban J connectivity index is 1.49. The summed E-state index contributed by atoms with van der Waals surface area (Å²) < 4.78 is 1.95. The fourth-order valence-electron chi connectivity index (χ4n) is 4.02. The third kappa shape index (κ3) is 2.80. The van der Waals surface area contributed by atoms with Crippen molar-refractivity contribution in [2.45, 2.75) is 32.2 Å². The van der Waals surface area contributed by atoms with Crippen LogP contribution in [0.4, 0.5) is 0 Å². The predicted octanol–water partition coefficient (Wildman–Crippen LogP) is -0.198. The van der Waals surface area contributed by atoms with Crippen LogP contribution in [0.2, 0.25) is 0 Å². The second kappa shape index (κ2) is 5.87. The van der Waals surface area contributed by atoms with Gasteiger partial charge in [0.2, 0.25) is 5.91 Å². The molecule has 2 aliphatic rings. The van der Waals surface area contributed by atoms with Crippen LogP contribution in [0.15, 0.2) is 18.7 Å². The number of rotatable bonds is 6. The number of aliphatic carboxylic acids is 1. The van der Waals surface area contributed by atoms with Crippen LogP contribution in [0.5, 0.6) is 0 Å². The van der Waals surface area contributed by atoms with Crippen molar-refractivity contribution in [3.63, 3.8) is 0 Å². The molecule has 0 aromatic carbocycles. The van der Waals surface area contributed by atoms with Crippen LogP contribution in [-0.4, -0.2) is 28.0 Å². The third-order valence-electron chi connectivity index (χ3n) is 4.94. The van der Waals surface area contributed by atoms with Gasteiger partial charge in [-0.25, -0.2) is 4.98 Å². The summed E-state index contributed by atoms with van der Waals surface area (Å²) in [7, 11) is 0. The molecule has 2 saturated carbocycles. The number of fused-ring (bicyclic) bond motifs is 2. The van der Waals surface area contributed by atoms with Crippen LogP contribution in [0.25, 0.3) is 0 Å². The number of amides is 1. The quantitative estimate of drug-likeness (QED) is 0.735. The van der Waals surface area contributed by atoms with E-state index in [2.05, 4.69) is 10.3 Å². The van der Waals surface area contributed by atoms with Crippen molar-refractivity contribution in [1.82, 2.24) is 14.9 Å². The maximum atomic E-state index is 12.3. The van der Waals surface area contributed by atoms with E-state index < -0.39 is 11.9 Å². The molecular weight excluding hydrogens is 270 g/mol. The molecule has 4 atom stereocenters. The van der Waals surface area contributed by atoms with Crippen molar-refractivity contribution >= 4 is 11.9 Å². The number of aromatic nitrogens is 2. The lowest BCUT2D eigenvalue weighted by atomic mass is 9.78. The summed E-state index contributed by atoms with van der Waals surface area (Å²) in [6, 6.07) is 0. The van der Waals surface area contributed by atoms with E-state index in [1.807, 2.05) is 10.8 Å². The molecule has 0 spiro atoms. The van der Waals surface area contributed by atoms with Gasteiger partial charge < -0.3 is 19.8 Å². The topological polar surface area (TPSA) is 87.0 Å². The zero-order valence-corrected chi connectivity index (χ0v) is 11.9. The summed E-state index contributed by atoms with van der Waals surface area (Å²) in [5, 5.41) is 14.2. The van der Waals surface area contributed by atoms with Crippen LogP contribution in [0, 0.1) is 23.7 Å². The summed E-state index contributed by atoms with van der Waals surface area (Å²) in [6.07, 6.45) is 8.91. The average molecular weight is 290 g/mol. The maximum Gasteiger partial charge on any atom is 0.224 e. The minimum atomic E-state index is -1.05. The lowest BCUT2D eigenvalue weighted by Gasteiger charge is -2.30. The Morgan fingerprint density at radius 2 is 2.05 bits per heavy atom. The number of imidazole rings is 1. The zero-order valence-electron chi connectivity index (χ0n) is 11.9. The van der Waals surface area contributed by atoms with Crippen LogP contribution in [0.3, 0.4) is 0 Å². The van der Waals surface area contributed by atoms with Crippen LogP contribution >= 0.6 is 0 Å². The molecule has 6 heteroatoms. The molecule has 21 heavy (non-hydrogen) atoms. The van der Waals surface area contributed by atoms with Crippen LogP contribution < -0.4 is 10.4 Å². The minimum absolute atomic E-state index is 0.109. The van der Waals surface area contributed by atoms with Crippen molar-refractivity contribution < 1.29 is 14.7 Å². The second-order valence-corrected chi connectivity index (χ2v) is 6.15. The monoisotopic (exact) mass is 290 g/mol. The Labute approximate surface area is 123 Å². The number of nitrogens with zero attached hydrogens (tertiary/aromatic N) is 2. The summed E-state index contributed by atoms with van der Waals surface area (Å²) in [6.45, 7) is 1.35. The number of carboxylic acids is 1. The van der Waals surface area contributed by atoms with Gasteiger partial charge >= 0.3 is 0 Å². The van der Waals surface area contributed by atoms with E-state index >= 15 is 0 Å². The molecule has 0 saturated heterocycles. The normalized spacial score (nSPS) is 30.5. The Kier molecular flexibility index (Phi) is 3.94. The summed E-state index contributed by atoms with van der Waals surface area (Å²) >= 11 is 0. The van der Waals surface area contributed by atoms with Gasteiger partial charge in [0.05, 0.1) is 6.33 Å². The summed E-state index contributed by atoms with van der Waals surface area (Å²) in [5.41, 5.74) is 0. The molecule has 1 amide bonds. The van der Waals surface area contributed by atoms with Crippen molar-refractivity contribution in [2.24, 2.45) is 23.7 Å². The van der Waals surface area contributed by atoms with E-state index in [1.165, 1.54) is 0 Å². The molecule has 2 fully saturated rings. The van der Waals surface area contributed by atoms with Crippen molar-refractivity contribution in [2.75, 3.05) is 6.54 Å². The van der Waals surface area contributed by atoms with Crippen molar-refractivity contribution in [3.8, 4) is 0 Å². The van der Waals surface area contributed by atoms with Crippen molar-refractivity contribution in [3.05, 3.63) is 18.7 Å². The number of nitrogens with one attached hydrogen (secondary N) is 1. The number of hydrogen-bond donors (Lipinski definition) is 1. The number of hydrogen-bond acceptors (Lipinski definition) is 4. The molecule has 1 aromatic rings. The fraction of sp³-hybridized carbons (Fsp3) is 0.667. The fourth-order valence-corrected chi connectivity index (χ4v) is 4.02. The van der Waals surface area contributed by atoms with Gasteiger partial charge in [0.1, 0.15) is 0 Å². The molecule has 0 unspecified atom stereocenters. The first-order valence-electron chi connectivity index (χ1n) is 7.61. The highest BCUT2D eigenvalue weighted by Crippen LogP contribution is 2.52. The van der Waals surface area contributed by atoms with Gasteiger partial charge in [-0.3, -0.25) is 4.79 Å². The Morgan fingerprint density at radius 3 is 2.71 bits per heavy atom. The maximum absolute atomic E-state index is 12.3. The van der Waals surface area contributed by atoms with Gasteiger partial charge in [-0.2, -0.15) is 0 Å². The minimum Gasteiger partial charge on any atom is -0.550 e. The average Bonchev–Trinajstić information content (AvgIpc) is 3.18. The molecule has 2 aliphatic carbocycles. The Morgan fingerprint density at radius 1 is 1.29 bits per heavy atom. The first-order chi connectivity index (χ1) is 10.2. The highest BCUT2D eigenvalue weighted by molar-refractivity contribution is 5.85. The molecule has 6 nitrogen and oxygen atoms in total. The standard InChI is InChI=1S/C15H21N3O3/c19-14(17-4-1-6-18-7-5-16-9-18)12-10-2-3-11(8-10)13(12)15(20)21/h5,7,9-13H,1-4,6,8H2,(H,17,19)(H,20,21)/p-1/t10-,11-,12-,13-/m0/s1. The Bertz CT molecular complexity index is 514. The van der Waals surface area contributed by atoms with Gasteiger partial charge in [-0.1, -0.05) is 0 Å². The van der Waals surface area contributed by atoms with Gasteiger partial charge in [0, 0.05) is 43.3 Å². The predicted molar refractivity (Wildman–Crippen MR) is 72.7 cm³/mol. The van der Waals surface area contributed by atoms with Gasteiger partial charge in [0.15, 0.2) is 0 Å². The van der Waals surface area contributed by atoms with Crippen LogP contribution in [0.1, 0.15) is 25.7 Å². The molecule has 1 aromatic heterocycles. The van der Waals surface area contributed by atoms with Gasteiger partial charge in [-0.15, -0.1) is 0 Å². The van der Waals surface area contributed by atoms with E-state index in [0.717, 1.165) is 32.2 Å². The SMILES string of the molecule is O=C([O-])[C@H]1[C@H]2CC[C@@H](C2)[C@@H]1C(=O)NCCCn1ccnc1. The molecule has 2 bridgehead atoms. The van der Waals surface area contributed by atoms with E-state index in [4.69, 9.17) is 0 Å². The van der Waals surface area contributed by atoms with E-state index in [-0.39, 0.29) is 23.7 Å². The van der Waals surface area contributed by atoms with Gasteiger partial charge in [0.25, 0.3) is 0 Å². The highest BCUT2D eigenvalue weighted by Gasteiger charge is 2.51. The largest absolute Gasteiger partial charge is 0.550 e. The van der Waals surface area contributed by atoms with Crippen LogP contribution in [-0.2, 0) is 16.1 Å². The number of carbonyl (C=O) groups is 2. The van der Waals surface area contributed by atoms with Gasteiger partial charge in [-0.05, 0) is 37.5 Å². The summed E-state index contributed by atoms with van der Waals surface area (Å²) in [4.78, 5) is 27.5. The van der Waals surface area contributed by atoms with E-state index in [1.54, 1.807) is 12.5 Å². The molecule has 3 rings (SSSR count). The molecule has 0 aliphatic heterocycles. The zero-order chi connectivity index (χ0) is 14.8. The Hall–Kier alpha value is -1.85. The molecule has 0 radical (unpaired) electrons. The lowest BCUT2D eigenvalue weighted by Crippen LogP contribution is -2.46. The molecular formula is C15H20N3O3-. The smallest absolute Gasteiger partial charge is 0.224 e. The second-order valence-electron chi connectivity index (χ2n) is 6.15. The summed E-state index contributed by atoms with van der Waals surface area (Å²) in [5.74, 6) is -1.77. The number of aryl methyl sites for hydroxylation is 1. The van der Waals surface area contributed by atoms with E-state index in [0.29, 0.717) is 6.54 Å². The first-order valence-corrected chi connectivity index (χ1v) is 7.61. The van der Waals surface area contributed by atoms with E-state index in [9.17, 15) is 14.7 Å². The molecule has 1 N–H and O–H groups in total. The number of carbonyl (C=O) groups excluding carboxylic acids is 2. The first kappa shape index (κ1) is 14.1. The van der Waals surface area contributed by atoms with Crippen molar-refractivity contribution in [1.29, 1.82) is 0 Å². The third-order valence-corrected chi connectivity index (χ3v) is 4.94. The lowest BCUT2D eigenvalue weighted by molar-refractivity contribution is -0.314. The number of carboxylic acid groups (broad SMARTS) is 1. The molecule has 1 heterocycles. The molecule has 114 valence electrons. The highest BCUT2D eigenvalue weighted by atomic mass is 16.4.